The first-order chi connectivity index (χ1) is 16.6. The van der Waals surface area contributed by atoms with Gasteiger partial charge in [-0.3, -0.25) is 4.79 Å². The van der Waals surface area contributed by atoms with E-state index in [-0.39, 0.29) is 19.6 Å². The third kappa shape index (κ3) is 8.08. The van der Waals surface area contributed by atoms with Crippen molar-refractivity contribution < 1.29 is 32.2 Å². The second kappa shape index (κ2) is 11.8. The minimum absolute atomic E-state index is 0.0281. The molecule has 0 amide bonds. The Hall–Kier alpha value is -3.43. The third-order valence-electron chi connectivity index (χ3n) is 5.23. The van der Waals surface area contributed by atoms with Gasteiger partial charge in [-0.15, -0.1) is 0 Å². The predicted octanol–water partition coefficient (Wildman–Crippen LogP) is 5.18. The normalized spacial score (nSPS) is 12.4. The Bertz CT molecular complexity index is 1150. The van der Waals surface area contributed by atoms with Crippen LogP contribution in [-0.2, 0) is 24.4 Å². The number of rotatable bonds is 11. The number of benzene rings is 3. The number of alkyl halides is 4. The van der Waals surface area contributed by atoms with Crippen LogP contribution in [0.5, 0.6) is 5.75 Å². The van der Waals surface area contributed by atoms with Gasteiger partial charge in [0.2, 0.25) is 0 Å². The van der Waals surface area contributed by atoms with E-state index >= 15 is 0 Å². The Balaban J connectivity index is 1.89. The molecule has 35 heavy (non-hydrogen) atoms. The molecular weight excluding hydrogens is 464 g/mol. The molecule has 0 unspecified atom stereocenters. The Morgan fingerprint density at radius 3 is 2.46 bits per heavy atom. The number of halogens is 4. The number of para-hydroxylation sites is 1. The van der Waals surface area contributed by atoms with Crippen LogP contribution in [0.2, 0.25) is 0 Å². The lowest BCUT2D eigenvalue weighted by molar-refractivity contribution is -0.136. The molecule has 0 heterocycles. The van der Waals surface area contributed by atoms with Crippen molar-refractivity contribution >= 4 is 5.97 Å². The molecule has 0 aliphatic carbocycles. The topological polar surface area (TPSA) is 84.6 Å². The molecule has 0 radical (unpaired) electrons. The van der Waals surface area contributed by atoms with Crippen molar-refractivity contribution in [3.05, 3.63) is 89.0 Å². The highest BCUT2D eigenvalue weighted by molar-refractivity contribution is 5.71. The molecule has 4 N–H and O–H groups in total. The molecule has 0 aliphatic heterocycles. The molecule has 9 heteroatoms. The standard InChI is InChI=1S/C26H26F4N2O3/c27-13-23(31)20-6-3-5-19(11-20)22-9-17(14-32-16-26(28,29)30)8-18(10-22)15-35-24-7-2-1-4-21(24)12-25(33)34/h1-11,23,32H,12-16,31H2,(H,33,34)/t23-/m1/s1. The highest BCUT2D eigenvalue weighted by atomic mass is 19.4. The molecule has 186 valence electrons. The van der Waals surface area contributed by atoms with Crippen molar-refractivity contribution in [2.45, 2.75) is 31.8 Å². The summed E-state index contributed by atoms with van der Waals surface area (Å²) in [4.78, 5) is 11.1. The number of carbonyl (C=O) groups is 1. The maximum Gasteiger partial charge on any atom is 0.401 e. The zero-order valence-electron chi connectivity index (χ0n) is 18.8. The molecular formula is C26H26F4N2O3. The summed E-state index contributed by atoms with van der Waals surface area (Å²) in [5.41, 5.74) is 9.65. The maximum atomic E-state index is 13.1. The summed E-state index contributed by atoms with van der Waals surface area (Å²) in [6.07, 6.45) is -4.54. The predicted molar refractivity (Wildman–Crippen MR) is 125 cm³/mol. The zero-order valence-corrected chi connectivity index (χ0v) is 18.8. The lowest BCUT2D eigenvalue weighted by Gasteiger charge is -2.15. The van der Waals surface area contributed by atoms with Gasteiger partial charge in [0.15, 0.2) is 0 Å². The van der Waals surface area contributed by atoms with Crippen LogP contribution in [0.1, 0.15) is 28.3 Å². The van der Waals surface area contributed by atoms with Crippen LogP contribution in [0.4, 0.5) is 17.6 Å². The van der Waals surface area contributed by atoms with Crippen LogP contribution in [0, 0.1) is 0 Å². The van der Waals surface area contributed by atoms with E-state index < -0.39 is 31.4 Å². The molecule has 0 saturated carbocycles. The van der Waals surface area contributed by atoms with Crippen LogP contribution in [-0.4, -0.2) is 30.5 Å². The van der Waals surface area contributed by atoms with Gasteiger partial charge in [0.1, 0.15) is 19.0 Å². The quantitative estimate of drug-likeness (QED) is 0.323. The largest absolute Gasteiger partial charge is 0.489 e. The zero-order chi connectivity index (χ0) is 25.4. The average Bonchev–Trinajstić information content (AvgIpc) is 2.82. The summed E-state index contributed by atoms with van der Waals surface area (Å²) in [6, 6.07) is 18.3. The Kier molecular flexibility index (Phi) is 8.84. The van der Waals surface area contributed by atoms with E-state index in [4.69, 9.17) is 15.6 Å². The van der Waals surface area contributed by atoms with E-state index in [1.54, 1.807) is 54.6 Å². The molecule has 0 fully saturated rings. The summed E-state index contributed by atoms with van der Waals surface area (Å²) in [5, 5.41) is 11.5. The minimum atomic E-state index is -4.34. The van der Waals surface area contributed by atoms with Crippen LogP contribution in [0.3, 0.4) is 0 Å². The first-order valence-corrected chi connectivity index (χ1v) is 10.9. The number of carboxylic acids is 1. The first kappa shape index (κ1) is 26.2. The van der Waals surface area contributed by atoms with E-state index in [1.165, 1.54) is 0 Å². The third-order valence-corrected chi connectivity index (χ3v) is 5.23. The molecule has 0 aliphatic rings. The maximum absolute atomic E-state index is 13.1. The monoisotopic (exact) mass is 490 g/mol. The van der Waals surface area contributed by atoms with Gasteiger partial charge < -0.3 is 20.9 Å². The lowest BCUT2D eigenvalue weighted by Crippen LogP contribution is -2.28. The number of nitrogens with two attached hydrogens (primary N) is 1. The van der Waals surface area contributed by atoms with Crippen molar-refractivity contribution in [1.82, 2.24) is 5.32 Å². The van der Waals surface area contributed by atoms with Gasteiger partial charge in [-0.05, 0) is 52.1 Å². The fourth-order valence-electron chi connectivity index (χ4n) is 3.62. The Morgan fingerprint density at radius 2 is 1.74 bits per heavy atom. The SMILES string of the molecule is N[C@H](CF)c1cccc(-c2cc(CNCC(F)(F)F)cc(COc3ccccc3CC(=O)O)c2)c1. The van der Waals surface area contributed by atoms with Crippen LogP contribution < -0.4 is 15.8 Å². The van der Waals surface area contributed by atoms with E-state index in [0.717, 1.165) is 5.56 Å². The number of aliphatic carboxylic acids is 1. The first-order valence-electron chi connectivity index (χ1n) is 10.9. The van der Waals surface area contributed by atoms with Gasteiger partial charge in [0.25, 0.3) is 0 Å². The summed E-state index contributed by atoms with van der Waals surface area (Å²) in [5.74, 6) is -0.583. The minimum Gasteiger partial charge on any atom is -0.489 e. The van der Waals surface area contributed by atoms with E-state index in [9.17, 15) is 22.4 Å². The van der Waals surface area contributed by atoms with Gasteiger partial charge >= 0.3 is 12.1 Å². The molecule has 0 bridgehead atoms. The fraction of sp³-hybridized carbons (Fsp3) is 0.269. The Labute approximate surface area is 200 Å². The van der Waals surface area contributed by atoms with Gasteiger partial charge in [-0.25, -0.2) is 4.39 Å². The van der Waals surface area contributed by atoms with Crippen molar-refractivity contribution in [2.24, 2.45) is 5.73 Å². The van der Waals surface area contributed by atoms with E-state index in [2.05, 4.69) is 5.32 Å². The van der Waals surface area contributed by atoms with Crippen molar-refractivity contribution in [3.63, 3.8) is 0 Å². The highest BCUT2D eigenvalue weighted by Crippen LogP contribution is 2.27. The van der Waals surface area contributed by atoms with Crippen molar-refractivity contribution in [3.8, 4) is 16.9 Å². The number of ether oxygens (including phenoxy) is 1. The second-order valence-corrected chi connectivity index (χ2v) is 8.11. The van der Waals surface area contributed by atoms with Crippen molar-refractivity contribution in [2.75, 3.05) is 13.2 Å². The smallest absolute Gasteiger partial charge is 0.401 e. The molecule has 5 nitrogen and oxygen atoms in total. The van der Waals surface area contributed by atoms with Crippen LogP contribution in [0.25, 0.3) is 11.1 Å². The van der Waals surface area contributed by atoms with Gasteiger partial charge in [0.05, 0.1) is 19.0 Å². The molecule has 3 rings (SSSR count). The van der Waals surface area contributed by atoms with Crippen LogP contribution in [0.15, 0.2) is 66.7 Å². The number of carboxylic acid groups (broad SMARTS) is 1. The average molecular weight is 490 g/mol. The summed E-state index contributed by atoms with van der Waals surface area (Å²) < 4.78 is 56.8. The van der Waals surface area contributed by atoms with Gasteiger partial charge in [0, 0.05) is 12.1 Å². The molecule has 3 aromatic rings. The van der Waals surface area contributed by atoms with E-state index in [0.29, 0.717) is 33.6 Å². The molecule has 0 saturated heterocycles. The number of nitrogens with one attached hydrogen (secondary N) is 1. The van der Waals surface area contributed by atoms with Gasteiger partial charge in [-0.2, -0.15) is 13.2 Å². The summed E-state index contributed by atoms with van der Waals surface area (Å²) >= 11 is 0. The summed E-state index contributed by atoms with van der Waals surface area (Å²) in [6.45, 7) is -1.81. The van der Waals surface area contributed by atoms with Crippen molar-refractivity contribution in [1.29, 1.82) is 0 Å². The van der Waals surface area contributed by atoms with E-state index in [1.807, 2.05) is 12.1 Å². The molecule has 0 aromatic heterocycles. The Morgan fingerprint density at radius 1 is 1.00 bits per heavy atom. The fourth-order valence-corrected chi connectivity index (χ4v) is 3.62. The van der Waals surface area contributed by atoms with Crippen LogP contribution >= 0.6 is 0 Å². The number of hydrogen-bond acceptors (Lipinski definition) is 4. The molecule has 1 atom stereocenters. The van der Waals surface area contributed by atoms with Gasteiger partial charge in [-0.1, -0.05) is 42.5 Å². The molecule has 3 aromatic carbocycles. The molecule has 0 spiro atoms. The highest BCUT2D eigenvalue weighted by Gasteiger charge is 2.26. The number of hydrogen-bond donors (Lipinski definition) is 3. The summed E-state index contributed by atoms with van der Waals surface area (Å²) in [7, 11) is 0. The lowest BCUT2D eigenvalue weighted by atomic mass is 9.97. The second-order valence-electron chi connectivity index (χ2n) is 8.11.